The van der Waals surface area contributed by atoms with Crippen molar-refractivity contribution < 1.29 is 49.4 Å². The zero-order valence-electron chi connectivity index (χ0n) is 8.72. The maximum Gasteiger partial charge on any atom is 0.348 e. The third-order valence-corrected chi connectivity index (χ3v) is 1.67. The highest BCUT2D eigenvalue weighted by atomic mass is 16.6. The van der Waals surface area contributed by atoms with Gasteiger partial charge in [0, 0.05) is 0 Å². The number of esters is 1. The van der Waals surface area contributed by atoms with Crippen molar-refractivity contribution >= 4 is 23.9 Å². The van der Waals surface area contributed by atoms with E-state index < -0.39 is 48.6 Å². The van der Waals surface area contributed by atoms with Crippen molar-refractivity contribution in [3.63, 3.8) is 0 Å². The molecule has 10 nitrogen and oxygen atoms in total. The fraction of sp³-hybridized carbons (Fsp3) is 0.500. The van der Waals surface area contributed by atoms with Crippen LogP contribution in [0.15, 0.2) is 0 Å². The highest BCUT2D eigenvalue weighted by molar-refractivity contribution is 5.87. The summed E-state index contributed by atoms with van der Waals surface area (Å²) >= 11 is 0. The highest BCUT2D eigenvalue weighted by Gasteiger charge is 2.37. The average molecular weight is 266 g/mol. The van der Waals surface area contributed by atoms with E-state index in [1.165, 1.54) is 0 Å². The van der Waals surface area contributed by atoms with Crippen molar-refractivity contribution in [1.82, 2.24) is 0 Å². The van der Waals surface area contributed by atoms with Crippen LogP contribution in [0.5, 0.6) is 0 Å². The van der Waals surface area contributed by atoms with Crippen molar-refractivity contribution in [1.29, 1.82) is 0 Å². The zero-order valence-corrected chi connectivity index (χ0v) is 8.72. The molecule has 0 amide bonds. The van der Waals surface area contributed by atoms with Crippen LogP contribution in [0.2, 0.25) is 0 Å². The largest absolute Gasteiger partial charge is 0.481 e. The van der Waals surface area contributed by atoms with E-state index in [2.05, 4.69) is 4.74 Å². The molecule has 0 aliphatic rings. The van der Waals surface area contributed by atoms with Gasteiger partial charge in [0.1, 0.15) is 0 Å². The second kappa shape index (κ2) is 6.51. The maximum atomic E-state index is 11.0. The summed E-state index contributed by atoms with van der Waals surface area (Å²) < 4.78 is 4.02. The van der Waals surface area contributed by atoms with E-state index in [9.17, 15) is 19.2 Å². The molecule has 0 aromatic rings. The van der Waals surface area contributed by atoms with Crippen LogP contribution in [0.3, 0.4) is 0 Å². The van der Waals surface area contributed by atoms with Crippen molar-refractivity contribution in [2.24, 2.45) is 0 Å². The Hall–Kier alpha value is -2.20. The lowest BCUT2D eigenvalue weighted by atomic mass is 10.2. The number of aliphatic hydroxyl groups is 2. The minimum absolute atomic E-state index is 1.05. The number of carbonyl (C=O) groups is 4. The van der Waals surface area contributed by atoms with E-state index >= 15 is 0 Å². The molecule has 0 saturated heterocycles. The van der Waals surface area contributed by atoms with Crippen LogP contribution in [0.1, 0.15) is 6.42 Å². The Morgan fingerprint density at radius 3 is 1.78 bits per heavy atom. The van der Waals surface area contributed by atoms with Crippen LogP contribution in [-0.2, 0) is 23.9 Å². The van der Waals surface area contributed by atoms with Gasteiger partial charge in [-0.25, -0.2) is 14.4 Å². The molecule has 5 N–H and O–H groups in total. The monoisotopic (exact) mass is 266 g/mol. The topological polar surface area (TPSA) is 179 Å². The third kappa shape index (κ3) is 4.76. The Balaban J connectivity index is 4.70. The van der Waals surface area contributed by atoms with Gasteiger partial charge in [-0.05, 0) is 0 Å². The standard InChI is InChI=1S/C8H10O10/c9-2(1-3(10)11)8(17)18-5(7(15)16)4(12)6(13)14/h2,4-5,9,12H,1H2,(H,10,11)(H,13,14)(H,15,16). The van der Waals surface area contributed by atoms with E-state index in [-0.39, 0.29) is 0 Å². The summed E-state index contributed by atoms with van der Waals surface area (Å²) in [6.45, 7) is 0. The van der Waals surface area contributed by atoms with Gasteiger partial charge in [-0.3, -0.25) is 4.79 Å². The molecule has 102 valence electrons. The summed E-state index contributed by atoms with van der Waals surface area (Å²) in [6, 6.07) is 0. The molecule has 0 saturated carbocycles. The maximum absolute atomic E-state index is 11.0. The van der Waals surface area contributed by atoms with Crippen LogP contribution in [0.25, 0.3) is 0 Å². The molecule has 0 aromatic heterocycles. The molecule has 0 aromatic carbocycles. The predicted octanol–water partition coefficient (Wildman–Crippen LogP) is -2.74. The molecular formula is C8H10O10. The summed E-state index contributed by atoms with van der Waals surface area (Å²) in [6.07, 6.45) is -8.19. The van der Waals surface area contributed by atoms with Gasteiger partial charge in [-0.1, -0.05) is 0 Å². The van der Waals surface area contributed by atoms with Crippen molar-refractivity contribution in [3.8, 4) is 0 Å². The Morgan fingerprint density at radius 2 is 1.44 bits per heavy atom. The van der Waals surface area contributed by atoms with Gasteiger partial charge in [0.05, 0.1) is 6.42 Å². The molecule has 3 unspecified atom stereocenters. The lowest BCUT2D eigenvalue weighted by Gasteiger charge is -2.17. The number of hydrogen-bond donors (Lipinski definition) is 5. The summed E-state index contributed by atoms with van der Waals surface area (Å²) in [5.41, 5.74) is 0. The first-order chi connectivity index (χ1) is 8.16. The van der Waals surface area contributed by atoms with Crippen LogP contribution in [0, 0.1) is 0 Å². The Morgan fingerprint density at radius 1 is 0.944 bits per heavy atom. The molecule has 0 rings (SSSR count). The van der Waals surface area contributed by atoms with Gasteiger partial charge in [-0.15, -0.1) is 0 Å². The quantitative estimate of drug-likeness (QED) is 0.303. The molecule has 0 heterocycles. The van der Waals surface area contributed by atoms with Gasteiger partial charge in [0.2, 0.25) is 6.10 Å². The predicted molar refractivity (Wildman–Crippen MR) is 49.4 cm³/mol. The smallest absolute Gasteiger partial charge is 0.348 e. The van der Waals surface area contributed by atoms with Crippen molar-refractivity contribution in [2.75, 3.05) is 0 Å². The fourth-order valence-electron chi connectivity index (χ4n) is 0.832. The number of aliphatic carboxylic acids is 3. The summed E-state index contributed by atoms with van der Waals surface area (Å²) in [5.74, 6) is -7.13. The number of carbonyl (C=O) groups excluding carboxylic acids is 1. The van der Waals surface area contributed by atoms with Crippen molar-refractivity contribution in [3.05, 3.63) is 0 Å². The van der Waals surface area contributed by atoms with Crippen LogP contribution in [0.4, 0.5) is 0 Å². The summed E-state index contributed by atoms with van der Waals surface area (Å²) in [7, 11) is 0. The zero-order chi connectivity index (χ0) is 14.5. The second-order valence-corrected chi connectivity index (χ2v) is 3.09. The van der Waals surface area contributed by atoms with Crippen LogP contribution >= 0.6 is 0 Å². The first-order valence-electron chi connectivity index (χ1n) is 4.40. The molecule has 3 atom stereocenters. The minimum atomic E-state index is -2.54. The lowest BCUT2D eigenvalue weighted by Crippen LogP contribution is -2.44. The molecular weight excluding hydrogens is 256 g/mol. The number of ether oxygens (including phenoxy) is 1. The summed E-state index contributed by atoms with van der Waals surface area (Å²) in [4.78, 5) is 42.0. The van der Waals surface area contributed by atoms with Gasteiger partial charge in [0.15, 0.2) is 12.2 Å². The average Bonchev–Trinajstić information content (AvgIpc) is 2.22. The highest BCUT2D eigenvalue weighted by Crippen LogP contribution is 2.05. The number of aliphatic hydroxyl groups excluding tert-OH is 2. The van der Waals surface area contributed by atoms with E-state index in [4.69, 9.17) is 25.5 Å². The Labute approximate surface area is 99.0 Å². The molecule has 0 aliphatic heterocycles. The molecule has 0 radical (unpaired) electrons. The molecule has 0 bridgehead atoms. The number of carboxylic acid groups (broad SMARTS) is 3. The minimum Gasteiger partial charge on any atom is -0.481 e. The van der Waals surface area contributed by atoms with Crippen LogP contribution in [-0.4, -0.2) is 67.7 Å². The molecule has 10 heteroatoms. The SMILES string of the molecule is O=C(O)CC(O)C(=O)OC(C(=O)O)C(O)C(=O)O. The van der Waals surface area contributed by atoms with Crippen LogP contribution < -0.4 is 0 Å². The van der Waals surface area contributed by atoms with E-state index in [0.29, 0.717) is 0 Å². The molecule has 0 fully saturated rings. The summed E-state index contributed by atoms with van der Waals surface area (Å²) in [5, 5.41) is 43.0. The molecule has 18 heavy (non-hydrogen) atoms. The van der Waals surface area contributed by atoms with Gasteiger partial charge in [-0.2, -0.15) is 0 Å². The molecule has 0 aliphatic carbocycles. The molecule has 0 spiro atoms. The van der Waals surface area contributed by atoms with Gasteiger partial charge < -0.3 is 30.3 Å². The number of rotatable bonds is 7. The van der Waals surface area contributed by atoms with Gasteiger partial charge in [0.25, 0.3) is 0 Å². The Kier molecular flexibility index (Phi) is 5.72. The Bertz CT molecular complexity index is 361. The van der Waals surface area contributed by atoms with E-state index in [1.807, 2.05) is 0 Å². The van der Waals surface area contributed by atoms with Crippen molar-refractivity contribution in [2.45, 2.75) is 24.7 Å². The first-order valence-corrected chi connectivity index (χ1v) is 4.40. The second-order valence-electron chi connectivity index (χ2n) is 3.09. The normalized spacial score (nSPS) is 15.2. The fourth-order valence-corrected chi connectivity index (χ4v) is 0.832. The van der Waals surface area contributed by atoms with E-state index in [0.717, 1.165) is 0 Å². The van der Waals surface area contributed by atoms with E-state index in [1.54, 1.807) is 0 Å². The van der Waals surface area contributed by atoms with Gasteiger partial charge >= 0.3 is 23.9 Å². The number of carboxylic acids is 3. The first kappa shape index (κ1) is 15.8. The number of hydrogen-bond acceptors (Lipinski definition) is 7. The third-order valence-electron chi connectivity index (χ3n) is 1.67. The lowest BCUT2D eigenvalue weighted by molar-refractivity contribution is -0.183.